The Kier molecular flexibility index (Phi) is 2.62. The van der Waals surface area contributed by atoms with Gasteiger partial charge >= 0.3 is 12.4 Å². The van der Waals surface area contributed by atoms with Crippen LogP contribution in [0.5, 0.6) is 0 Å². The fourth-order valence-electron chi connectivity index (χ4n) is 0.778. The summed E-state index contributed by atoms with van der Waals surface area (Å²) in [5, 5.41) is 0. The molecule has 0 amide bonds. The summed E-state index contributed by atoms with van der Waals surface area (Å²) in [6.07, 6.45) is -9.96. The normalized spacial score (nSPS) is 13.0. The molecule has 0 spiro atoms. The number of hydrogen-bond donors (Lipinski definition) is 0. The van der Waals surface area contributed by atoms with Crippen molar-refractivity contribution in [3.63, 3.8) is 0 Å². The van der Waals surface area contributed by atoms with Crippen LogP contribution in [0.1, 0.15) is 17.2 Å². The molecule has 0 aliphatic heterocycles. The molecule has 1 rings (SSSR count). The molecule has 2 nitrogen and oxygen atoms in total. The van der Waals surface area contributed by atoms with Crippen LogP contribution < -0.4 is 0 Å². The monoisotopic (exact) mass is 229 g/mol. The second-order valence-corrected chi connectivity index (χ2v) is 2.60. The van der Waals surface area contributed by atoms with Crippen LogP contribution in [0.4, 0.5) is 26.3 Å². The van der Waals surface area contributed by atoms with Crippen molar-refractivity contribution in [3.8, 4) is 0 Å². The predicted molar refractivity (Wildman–Crippen MR) is 35.6 cm³/mol. The zero-order valence-electron chi connectivity index (χ0n) is 7.16. The third-order valence-electron chi connectivity index (χ3n) is 1.31. The fourth-order valence-corrected chi connectivity index (χ4v) is 0.778. The lowest BCUT2D eigenvalue weighted by atomic mass is 10.3. The van der Waals surface area contributed by atoms with Crippen molar-refractivity contribution in [1.82, 2.24) is 9.97 Å². The number of hydrogen-bond acceptors (Lipinski definition) is 2. The highest BCUT2D eigenvalue weighted by atomic mass is 19.4. The first kappa shape index (κ1) is 11.7. The highest BCUT2D eigenvalue weighted by molar-refractivity contribution is 5.12. The first-order valence-electron chi connectivity index (χ1n) is 3.53. The van der Waals surface area contributed by atoms with Gasteiger partial charge in [-0.05, 0) is 6.92 Å². The van der Waals surface area contributed by atoms with Gasteiger partial charge in [-0.1, -0.05) is 0 Å². The molecule has 8 heteroatoms. The van der Waals surface area contributed by atoms with E-state index >= 15 is 0 Å². The minimum atomic E-state index is -5.00. The van der Waals surface area contributed by atoms with Crippen LogP contribution in [0.3, 0.4) is 0 Å². The van der Waals surface area contributed by atoms with E-state index in [-0.39, 0.29) is 0 Å². The molecule has 15 heavy (non-hydrogen) atoms. The van der Waals surface area contributed by atoms with Crippen LogP contribution >= 0.6 is 0 Å². The maximum Gasteiger partial charge on any atom is 0.451 e. The van der Waals surface area contributed by atoms with Crippen molar-refractivity contribution >= 4 is 0 Å². The molecule has 0 aliphatic rings. The van der Waals surface area contributed by atoms with Crippen LogP contribution in [0.25, 0.3) is 0 Å². The quantitative estimate of drug-likeness (QED) is 0.639. The van der Waals surface area contributed by atoms with Gasteiger partial charge in [0.1, 0.15) is 0 Å². The molecule has 0 bridgehead atoms. The largest absolute Gasteiger partial charge is 0.451 e. The summed E-state index contributed by atoms with van der Waals surface area (Å²) in [4.78, 5) is 5.19. The van der Waals surface area contributed by atoms with Gasteiger partial charge in [-0.3, -0.25) is 0 Å². The first-order chi connectivity index (χ1) is 6.60. The molecule has 1 aromatic heterocycles. The number of halogens is 6. The van der Waals surface area contributed by atoms with Crippen LogP contribution in [0.15, 0.2) is 0 Å². The molecule has 0 aliphatic carbocycles. The van der Waals surface area contributed by atoms with Gasteiger partial charge in [0.15, 0.2) is 5.69 Å². The van der Waals surface area contributed by atoms with Gasteiger partial charge in [0.25, 0.3) is 0 Å². The van der Waals surface area contributed by atoms with Crippen molar-refractivity contribution in [2.45, 2.75) is 19.3 Å². The van der Waals surface area contributed by atoms with E-state index in [0.29, 0.717) is 0 Å². The lowest BCUT2D eigenvalue weighted by Crippen LogP contribution is -2.17. The highest BCUT2D eigenvalue weighted by Crippen LogP contribution is 2.31. The number of nitrogens with zero attached hydrogens (tertiary/aromatic N) is 2. The van der Waals surface area contributed by atoms with E-state index in [2.05, 4.69) is 9.97 Å². The van der Waals surface area contributed by atoms with Gasteiger partial charge in [-0.25, -0.2) is 9.97 Å². The second kappa shape index (κ2) is 3.35. The zero-order valence-corrected chi connectivity index (χ0v) is 7.16. The Morgan fingerprint density at radius 2 is 1.47 bits per heavy atom. The van der Waals surface area contributed by atoms with Crippen molar-refractivity contribution in [1.29, 1.82) is 0 Å². The molecule has 83 valence electrons. The van der Waals surface area contributed by atoms with E-state index in [9.17, 15) is 26.3 Å². The molecule has 0 saturated heterocycles. The lowest BCUT2D eigenvalue weighted by molar-refractivity contribution is -0.153. The molecular weight excluding hydrogens is 226 g/mol. The van der Waals surface area contributed by atoms with Gasteiger partial charge in [0.05, 0.1) is 0 Å². The Hall–Kier alpha value is -1.34. The number of rotatable bonds is 0. The Morgan fingerprint density at radius 3 is 1.87 bits per heavy atom. The summed E-state index contributed by atoms with van der Waals surface area (Å²) >= 11 is 0. The Balaban J connectivity index is 3.30. The van der Waals surface area contributed by atoms with E-state index in [0.717, 1.165) is 6.92 Å². The summed E-state index contributed by atoms with van der Waals surface area (Å²) in [7, 11) is 0. The van der Waals surface area contributed by atoms with E-state index in [1.54, 1.807) is 6.07 Å². The Labute approximate surface area is 80.0 Å². The minimum absolute atomic E-state index is 0.510. The lowest BCUT2D eigenvalue weighted by Gasteiger charge is -2.09. The summed E-state index contributed by atoms with van der Waals surface area (Å²) in [6.45, 7) is 0.978. The zero-order chi connectivity index (χ0) is 11.9. The molecule has 0 fully saturated rings. The van der Waals surface area contributed by atoms with Gasteiger partial charge in [-0.15, -0.1) is 0 Å². The molecule has 1 radical (unpaired) electrons. The van der Waals surface area contributed by atoms with Crippen LogP contribution in [-0.4, -0.2) is 9.97 Å². The van der Waals surface area contributed by atoms with Crippen molar-refractivity contribution in [2.24, 2.45) is 0 Å². The molecule has 0 atom stereocenters. The molecule has 0 aromatic carbocycles. The standard InChI is InChI=1S/C7H3F6N2/c1-3-2-4(6(8,9)10)15-5(14-3)7(11,12)13/h1H3. The topological polar surface area (TPSA) is 25.8 Å². The second-order valence-electron chi connectivity index (χ2n) is 2.60. The van der Waals surface area contributed by atoms with Gasteiger partial charge in [0, 0.05) is 11.8 Å². The predicted octanol–water partition coefficient (Wildman–Crippen LogP) is 2.62. The SMILES string of the molecule is Cc1[c]c(C(F)(F)F)nc(C(F)(F)F)n1. The molecule has 0 unspecified atom stereocenters. The van der Waals surface area contributed by atoms with Crippen molar-refractivity contribution < 1.29 is 26.3 Å². The van der Waals surface area contributed by atoms with E-state index in [4.69, 9.17) is 0 Å². The van der Waals surface area contributed by atoms with Gasteiger partial charge in [0.2, 0.25) is 5.82 Å². The van der Waals surface area contributed by atoms with E-state index < -0.39 is 29.6 Å². The van der Waals surface area contributed by atoms with Crippen LogP contribution in [0.2, 0.25) is 0 Å². The third-order valence-corrected chi connectivity index (χ3v) is 1.31. The highest BCUT2D eigenvalue weighted by Gasteiger charge is 2.40. The first-order valence-corrected chi connectivity index (χ1v) is 3.53. The summed E-state index contributed by atoms with van der Waals surface area (Å²) in [5.74, 6) is -1.81. The molecule has 0 saturated carbocycles. The maximum absolute atomic E-state index is 12.0. The average Bonchev–Trinajstić information content (AvgIpc) is 1.99. The fraction of sp³-hybridized carbons (Fsp3) is 0.429. The smallest absolute Gasteiger partial charge is 0.229 e. The minimum Gasteiger partial charge on any atom is -0.229 e. The third kappa shape index (κ3) is 2.80. The van der Waals surface area contributed by atoms with Crippen molar-refractivity contribution in [2.75, 3.05) is 0 Å². The molecule has 1 aromatic rings. The Bertz CT molecular complexity index is 334. The number of aromatic nitrogens is 2. The number of alkyl halides is 6. The maximum atomic E-state index is 12.0. The van der Waals surface area contributed by atoms with Crippen LogP contribution in [0, 0.1) is 13.0 Å². The molecule has 0 N–H and O–H groups in total. The average molecular weight is 229 g/mol. The summed E-state index contributed by atoms with van der Waals surface area (Å²) in [5.41, 5.74) is -2.23. The van der Waals surface area contributed by atoms with Crippen molar-refractivity contribution in [3.05, 3.63) is 23.3 Å². The van der Waals surface area contributed by atoms with Gasteiger partial charge in [-0.2, -0.15) is 26.3 Å². The van der Waals surface area contributed by atoms with E-state index in [1.165, 1.54) is 0 Å². The summed E-state index contributed by atoms with van der Waals surface area (Å²) in [6, 6.07) is 1.61. The number of aryl methyl sites for hydroxylation is 1. The van der Waals surface area contributed by atoms with Crippen LogP contribution in [-0.2, 0) is 12.4 Å². The van der Waals surface area contributed by atoms with Gasteiger partial charge < -0.3 is 0 Å². The molecular formula is C7H3F6N2. The Morgan fingerprint density at radius 1 is 0.933 bits per heavy atom. The summed E-state index contributed by atoms with van der Waals surface area (Å²) < 4.78 is 72.2. The van der Waals surface area contributed by atoms with E-state index in [1.807, 2.05) is 0 Å². The molecule has 1 heterocycles.